The Labute approximate surface area is 120 Å². The lowest BCUT2D eigenvalue weighted by Crippen LogP contribution is -2.21. The highest BCUT2D eigenvalue weighted by Crippen LogP contribution is 2.43. The van der Waals surface area contributed by atoms with Gasteiger partial charge in [-0.1, -0.05) is 11.6 Å². The third-order valence-electron chi connectivity index (χ3n) is 3.00. The lowest BCUT2D eigenvalue weighted by molar-refractivity contribution is -0.137. The first-order valence-electron chi connectivity index (χ1n) is 6.09. The Hall–Kier alpha value is -1.79. The zero-order chi connectivity index (χ0) is 14.7. The monoisotopic (exact) mass is 299 g/mol. The van der Waals surface area contributed by atoms with Gasteiger partial charge < -0.3 is 20.3 Å². The highest BCUT2D eigenvalue weighted by atomic mass is 35.5. The SMILES string of the molecule is NC(CCC(=O)O)c1c(Cl)cc(C=O)c2c1OCCO2. The molecular weight excluding hydrogens is 286 g/mol. The van der Waals surface area contributed by atoms with E-state index < -0.39 is 12.0 Å². The summed E-state index contributed by atoms with van der Waals surface area (Å²) >= 11 is 6.13. The molecule has 0 spiro atoms. The average Bonchev–Trinajstić information content (AvgIpc) is 2.43. The summed E-state index contributed by atoms with van der Waals surface area (Å²) in [7, 11) is 0. The second-order valence-corrected chi connectivity index (χ2v) is 4.78. The Bertz CT molecular complexity index is 546. The summed E-state index contributed by atoms with van der Waals surface area (Å²) in [6.45, 7) is 0.656. The summed E-state index contributed by atoms with van der Waals surface area (Å²) in [6.07, 6.45) is 0.764. The molecule has 0 bridgehead atoms. The fraction of sp³-hybridized carbons (Fsp3) is 0.385. The summed E-state index contributed by atoms with van der Waals surface area (Å²) in [6, 6.07) is 0.854. The summed E-state index contributed by atoms with van der Waals surface area (Å²) in [5.74, 6) is -0.285. The number of aliphatic carboxylic acids is 1. The molecule has 2 rings (SSSR count). The van der Waals surface area contributed by atoms with Gasteiger partial charge in [-0.15, -0.1) is 0 Å². The van der Waals surface area contributed by atoms with Gasteiger partial charge >= 0.3 is 5.97 Å². The molecule has 0 aromatic heterocycles. The van der Waals surface area contributed by atoms with Crippen LogP contribution in [0.15, 0.2) is 6.07 Å². The molecule has 3 N–H and O–H groups in total. The lowest BCUT2D eigenvalue weighted by atomic mass is 9.99. The van der Waals surface area contributed by atoms with Crippen molar-refractivity contribution >= 4 is 23.9 Å². The fourth-order valence-electron chi connectivity index (χ4n) is 2.08. The van der Waals surface area contributed by atoms with Gasteiger partial charge in [0.15, 0.2) is 17.8 Å². The third kappa shape index (κ3) is 2.86. The number of hydrogen-bond donors (Lipinski definition) is 2. The minimum absolute atomic E-state index is 0.0808. The van der Waals surface area contributed by atoms with E-state index in [0.29, 0.717) is 42.1 Å². The Morgan fingerprint density at radius 2 is 2.10 bits per heavy atom. The van der Waals surface area contributed by atoms with Crippen LogP contribution in [0.25, 0.3) is 0 Å². The Morgan fingerprint density at radius 1 is 1.45 bits per heavy atom. The van der Waals surface area contributed by atoms with Crippen molar-refractivity contribution in [3.05, 3.63) is 22.2 Å². The number of aldehydes is 1. The van der Waals surface area contributed by atoms with Gasteiger partial charge in [-0.3, -0.25) is 9.59 Å². The molecule has 0 aliphatic carbocycles. The molecule has 0 fully saturated rings. The van der Waals surface area contributed by atoms with Crippen molar-refractivity contribution in [2.75, 3.05) is 13.2 Å². The third-order valence-corrected chi connectivity index (χ3v) is 3.31. The molecule has 108 valence electrons. The van der Waals surface area contributed by atoms with Crippen LogP contribution in [0.3, 0.4) is 0 Å². The maximum atomic E-state index is 11.0. The van der Waals surface area contributed by atoms with E-state index in [-0.39, 0.29) is 17.9 Å². The van der Waals surface area contributed by atoms with Crippen molar-refractivity contribution in [3.63, 3.8) is 0 Å². The molecule has 0 amide bonds. The molecule has 20 heavy (non-hydrogen) atoms. The Morgan fingerprint density at radius 3 is 2.70 bits per heavy atom. The van der Waals surface area contributed by atoms with E-state index in [1.807, 2.05) is 0 Å². The predicted octanol–water partition coefficient (Wildman–Crippen LogP) is 1.79. The minimum atomic E-state index is -0.938. The van der Waals surface area contributed by atoms with Crippen LogP contribution in [0.1, 0.15) is 34.8 Å². The molecule has 1 aliphatic rings. The molecule has 7 heteroatoms. The number of carboxylic acid groups (broad SMARTS) is 1. The van der Waals surface area contributed by atoms with Gasteiger partial charge in [0.05, 0.1) is 10.6 Å². The van der Waals surface area contributed by atoms with Crippen molar-refractivity contribution in [1.82, 2.24) is 0 Å². The topological polar surface area (TPSA) is 98.9 Å². The number of hydrogen-bond acceptors (Lipinski definition) is 5. The van der Waals surface area contributed by atoms with Crippen molar-refractivity contribution < 1.29 is 24.2 Å². The van der Waals surface area contributed by atoms with E-state index in [1.165, 1.54) is 6.07 Å². The number of ether oxygens (including phenoxy) is 2. The predicted molar refractivity (Wildman–Crippen MR) is 71.6 cm³/mol. The van der Waals surface area contributed by atoms with Crippen LogP contribution < -0.4 is 15.2 Å². The number of carbonyl (C=O) groups is 2. The van der Waals surface area contributed by atoms with Crippen molar-refractivity contribution in [3.8, 4) is 11.5 Å². The van der Waals surface area contributed by atoms with Gasteiger partial charge in [0.2, 0.25) is 0 Å². The molecular formula is C13H14ClNO5. The molecule has 1 aromatic carbocycles. The average molecular weight is 300 g/mol. The quantitative estimate of drug-likeness (QED) is 0.804. The van der Waals surface area contributed by atoms with Crippen LogP contribution in [0.5, 0.6) is 11.5 Å². The number of benzene rings is 1. The van der Waals surface area contributed by atoms with E-state index in [0.717, 1.165) is 0 Å². The smallest absolute Gasteiger partial charge is 0.303 e. The largest absolute Gasteiger partial charge is 0.486 e. The summed E-state index contributed by atoms with van der Waals surface area (Å²) < 4.78 is 10.9. The molecule has 1 aromatic rings. The first-order chi connectivity index (χ1) is 9.54. The maximum absolute atomic E-state index is 11.0. The first-order valence-corrected chi connectivity index (χ1v) is 6.47. The second kappa shape index (κ2) is 6.11. The molecule has 6 nitrogen and oxygen atoms in total. The number of carbonyl (C=O) groups excluding carboxylic acids is 1. The van der Waals surface area contributed by atoms with Crippen molar-refractivity contribution in [2.24, 2.45) is 5.73 Å². The van der Waals surface area contributed by atoms with E-state index in [4.69, 9.17) is 31.9 Å². The molecule has 0 radical (unpaired) electrons. The van der Waals surface area contributed by atoms with E-state index >= 15 is 0 Å². The van der Waals surface area contributed by atoms with Gasteiger partial charge in [-0.2, -0.15) is 0 Å². The minimum Gasteiger partial charge on any atom is -0.486 e. The van der Waals surface area contributed by atoms with Gasteiger partial charge in [0.25, 0.3) is 0 Å². The van der Waals surface area contributed by atoms with Crippen LogP contribution in [0, 0.1) is 0 Å². The Kier molecular flexibility index (Phi) is 4.46. The van der Waals surface area contributed by atoms with Crippen LogP contribution in [-0.4, -0.2) is 30.6 Å². The van der Waals surface area contributed by atoms with E-state index in [1.54, 1.807) is 0 Å². The maximum Gasteiger partial charge on any atom is 0.303 e. The molecule has 1 unspecified atom stereocenters. The van der Waals surface area contributed by atoms with Crippen molar-refractivity contribution in [2.45, 2.75) is 18.9 Å². The van der Waals surface area contributed by atoms with E-state index in [2.05, 4.69) is 0 Å². The standard InChI is InChI=1S/C13H14ClNO5/c14-8-5-7(6-16)12-13(20-4-3-19-12)11(8)9(15)1-2-10(17)18/h5-6,9H,1-4,15H2,(H,17,18). The number of halogens is 1. The molecule has 0 saturated carbocycles. The molecule has 0 saturated heterocycles. The van der Waals surface area contributed by atoms with Crippen LogP contribution in [0.2, 0.25) is 5.02 Å². The normalized spacial score (nSPS) is 14.7. The summed E-state index contributed by atoms with van der Waals surface area (Å²) in [5.41, 5.74) is 6.76. The lowest BCUT2D eigenvalue weighted by Gasteiger charge is -2.25. The number of carboxylic acids is 1. The second-order valence-electron chi connectivity index (χ2n) is 4.37. The van der Waals surface area contributed by atoms with Crippen LogP contribution in [-0.2, 0) is 4.79 Å². The van der Waals surface area contributed by atoms with E-state index in [9.17, 15) is 9.59 Å². The van der Waals surface area contributed by atoms with Crippen molar-refractivity contribution in [1.29, 1.82) is 0 Å². The fourth-order valence-corrected chi connectivity index (χ4v) is 2.42. The van der Waals surface area contributed by atoms with Gasteiger partial charge in [-0.25, -0.2) is 0 Å². The number of rotatable bonds is 5. The zero-order valence-electron chi connectivity index (χ0n) is 10.6. The zero-order valence-corrected chi connectivity index (χ0v) is 11.4. The van der Waals surface area contributed by atoms with Gasteiger partial charge in [0, 0.05) is 18.0 Å². The number of nitrogens with two attached hydrogens (primary N) is 1. The summed E-state index contributed by atoms with van der Waals surface area (Å²) in [5, 5.41) is 8.98. The number of fused-ring (bicyclic) bond motifs is 1. The first kappa shape index (κ1) is 14.6. The molecule has 1 heterocycles. The van der Waals surface area contributed by atoms with Gasteiger partial charge in [-0.05, 0) is 12.5 Å². The molecule has 1 atom stereocenters. The Balaban J connectivity index is 2.41. The van der Waals surface area contributed by atoms with Crippen LogP contribution in [0.4, 0.5) is 0 Å². The highest BCUT2D eigenvalue weighted by molar-refractivity contribution is 6.32. The van der Waals surface area contributed by atoms with Crippen LogP contribution >= 0.6 is 11.6 Å². The summed E-state index contributed by atoms with van der Waals surface area (Å²) in [4.78, 5) is 21.6. The molecule has 1 aliphatic heterocycles. The van der Waals surface area contributed by atoms with Gasteiger partial charge in [0.1, 0.15) is 13.2 Å². The highest BCUT2D eigenvalue weighted by Gasteiger charge is 2.26.